The number of aliphatic hydroxyl groups excluding tert-OH is 1. The van der Waals surface area contributed by atoms with E-state index in [2.05, 4.69) is 34.0 Å². The number of halogens is 1. The molecule has 2 amide bonds. The fourth-order valence-corrected chi connectivity index (χ4v) is 8.14. The number of amides is 2. The molecule has 4 rings (SSSR count). The van der Waals surface area contributed by atoms with Gasteiger partial charge < -0.3 is 29.1 Å². The van der Waals surface area contributed by atoms with Gasteiger partial charge in [0.2, 0.25) is 11.8 Å². The minimum atomic E-state index is -1.19. The summed E-state index contributed by atoms with van der Waals surface area (Å²) in [6.45, 7) is 16.0. The average molecular weight is 655 g/mol. The highest BCUT2D eigenvalue weighted by Gasteiger charge is 2.77. The molecular weight excluding hydrogens is 606 g/mol. The number of esters is 1. The molecule has 236 valence electrons. The number of likely N-dealkylation sites (tertiary alicyclic amines) is 1. The maximum absolute atomic E-state index is 14.6. The number of morpholine rings is 1. The summed E-state index contributed by atoms with van der Waals surface area (Å²) in [6, 6.07) is -1.55. The van der Waals surface area contributed by atoms with Crippen molar-refractivity contribution in [2.45, 2.75) is 74.6 Å². The first kappa shape index (κ1) is 33.1. The molecule has 4 heterocycles. The molecule has 11 heteroatoms. The second-order valence-corrected chi connectivity index (χ2v) is 13.5. The highest BCUT2D eigenvalue weighted by molar-refractivity contribution is 9.09. The normalized spacial score (nSPS) is 31.3. The summed E-state index contributed by atoms with van der Waals surface area (Å²) < 4.78 is 17.8. The smallest absolute Gasteiger partial charge is 0.312 e. The maximum Gasteiger partial charge on any atom is 0.312 e. The predicted molar refractivity (Wildman–Crippen MR) is 162 cm³/mol. The van der Waals surface area contributed by atoms with Gasteiger partial charge in [-0.15, -0.1) is 13.2 Å². The van der Waals surface area contributed by atoms with Gasteiger partial charge in [0.15, 0.2) is 0 Å². The van der Waals surface area contributed by atoms with E-state index in [0.29, 0.717) is 52.1 Å². The van der Waals surface area contributed by atoms with Crippen molar-refractivity contribution >= 4 is 33.7 Å². The average Bonchev–Trinajstić information content (AvgIpc) is 3.57. The van der Waals surface area contributed by atoms with Gasteiger partial charge in [-0.3, -0.25) is 19.3 Å². The van der Waals surface area contributed by atoms with Crippen molar-refractivity contribution in [1.29, 1.82) is 0 Å². The van der Waals surface area contributed by atoms with Gasteiger partial charge in [0.1, 0.15) is 11.6 Å². The molecule has 1 N–H and O–H groups in total. The zero-order valence-corrected chi connectivity index (χ0v) is 26.7. The lowest BCUT2D eigenvalue weighted by atomic mass is 9.70. The van der Waals surface area contributed by atoms with Crippen LogP contribution in [0.4, 0.5) is 0 Å². The predicted octanol–water partition coefficient (Wildman–Crippen LogP) is 2.39. The quantitative estimate of drug-likeness (QED) is 0.117. The SMILES string of the molecule is C=CCCCCOC(=O)[C@H]1[C@@H]2OC3(CC2Br)C(C(=O)N(CC=C)CCN2CCOCC2)N([C@@H](CO)CC(C)C)C(=O)[C@H]13. The molecule has 0 saturated carbocycles. The van der Waals surface area contributed by atoms with Gasteiger partial charge >= 0.3 is 5.97 Å². The van der Waals surface area contributed by atoms with Crippen LogP contribution in [0, 0.1) is 17.8 Å². The minimum absolute atomic E-state index is 0.173. The minimum Gasteiger partial charge on any atom is -0.465 e. The highest BCUT2D eigenvalue weighted by atomic mass is 79.9. The van der Waals surface area contributed by atoms with E-state index in [1.165, 1.54) is 0 Å². The van der Waals surface area contributed by atoms with Gasteiger partial charge in [-0.25, -0.2) is 0 Å². The fraction of sp³-hybridized carbons (Fsp3) is 0.774. The molecule has 4 fully saturated rings. The third kappa shape index (κ3) is 6.65. The summed E-state index contributed by atoms with van der Waals surface area (Å²) in [5.74, 6) is -2.51. The Kier molecular flexibility index (Phi) is 11.7. The van der Waals surface area contributed by atoms with Crippen LogP contribution in [0.25, 0.3) is 0 Å². The molecule has 42 heavy (non-hydrogen) atoms. The summed E-state index contributed by atoms with van der Waals surface area (Å²) in [4.78, 5) is 47.8. The molecular formula is C31H48BrN3O7. The number of aliphatic hydroxyl groups is 1. The number of carbonyl (C=O) groups is 3. The van der Waals surface area contributed by atoms with Crippen molar-refractivity contribution < 1.29 is 33.7 Å². The van der Waals surface area contributed by atoms with Gasteiger partial charge in [-0.05, 0) is 38.0 Å². The first-order valence-electron chi connectivity index (χ1n) is 15.4. The first-order chi connectivity index (χ1) is 20.2. The summed E-state index contributed by atoms with van der Waals surface area (Å²) in [6.07, 6.45) is 6.28. The molecule has 4 saturated heterocycles. The Bertz CT molecular complexity index is 990. The largest absolute Gasteiger partial charge is 0.465 e. The van der Waals surface area contributed by atoms with E-state index in [0.717, 1.165) is 25.9 Å². The van der Waals surface area contributed by atoms with E-state index in [1.54, 1.807) is 15.9 Å². The molecule has 0 aromatic carbocycles. The third-order valence-electron chi connectivity index (χ3n) is 9.08. The number of allylic oxidation sites excluding steroid dienone is 1. The second-order valence-electron chi connectivity index (χ2n) is 12.4. The molecule has 1 spiro atoms. The topological polar surface area (TPSA) is 109 Å². The molecule has 0 aliphatic carbocycles. The lowest BCUT2D eigenvalue weighted by Crippen LogP contribution is -2.59. The van der Waals surface area contributed by atoms with E-state index in [1.807, 2.05) is 19.9 Å². The lowest BCUT2D eigenvalue weighted by molar-refractivity contribution is -0.156. The summed E-state index contributed by atoms with van der Waals surface area (Å²) in [5, 5.41) is 10.5. The standard InChI is InChI=1S/C31H48BrN3O7/c1-5-7-8-9-15-41-30(39)24-25-28(37)35(22(20-36)18-21(3)4)27(31(25)19-23(32)26(24)42-31)29(38)34(10-6-2)12-11-33-13-16-40-17-14-33/h5-6,21-27,36H,1-2,7-20H2,3-4H3/t22-,23?,24-,25+,26-,27?,31?/m1/s1. The Labute approximate surface area is 258 Å². The number of unbranched alkanes of at least 4 members (excludes halogenated alkanes) is 2. The van der Waals surface area contributed by atoms with Crippen molar-refractivity contribution in [1.82, 2.24) is 14.7 Å². The van der Waals surface area contributed by atoms with Crippen LogP contribution in [0.3, 0.4) is 0 Å². The van der Waals surface area contributed by atoms with E-state index in [-0.39, 0.29) is 35.8 Å². The van der Waals surface area contributed by atoms with Crippen LogP contribution in [0.1, 0.15) is 46.0 Å². The molecule has 4 aliphatic heterocycles. The van der Waals surface area contributed by atoms with E-state index in [9.17, 15) is 19.5 Å². The molecule has 2 bridgehead atoms. The lowest BCUT2D eigenvalue weighted by Gasteiger charge is -2.40. The summed E-state index contributed by atoms with van der Waals surface area (Å²) >= 11 is 3.72. The Morgan fingerprint density at radius 3 is 2.62 bits per heavy atom. The zero-order chi connectivity index (χ0) is 30.4. The number of alkyl halides is 1. The van der Waals surface area contributed by atoms with Crippen LogP contribution in [0.5, 0.6) is 0 Å². The van der Waals surface area contributed by atoms with Crippen LogP contribution >= 0.6 is 15.9 Å². The Balaban J connectivity index is 1.65. The third-order valence-corrected chi connectivity index (χ3v) is 9.92. The van der Waals surface area contributed by atoms with Crippen molar-refractivity contribution in [3.05, 3.63) is 25.3 Å². The first-order valence-corrected chi connectivity index (χ1v) is 16.3. The number of hydrogen-bond acceptors (Lipinski definition) is 8. The van der Waals surface area contributed by atoms with E-state index in [4.69, 9.17) is 14.2 Å². The monoisotopic (exact) mass is 653 g/mol. The van der Waals surface area contributed by atoms with Gasteiger partial charge in [0.25, 0.3) is 0 Å². The van der Waals surface area contributed by atoms with Gasteiger partial charge in [0, 0.05) is 37.6 Å². The van der Waals surface area contributed by atoms with E-state index < -0.39 is 41.6 Å². The van der Waals surface area contributed by atoms with Crippen LogP contribution in [-0.4, -0.2) is 125 Å². The van der Waals surface area contributed by atoms with Crippen molar-refractivity contribution in [3.8, 4) is 0 Å². The van der Waals surface area contributed by atoms with Crippen molar-refractivity contribution in [3.63, 3.8) is 0 Å². The number of nitrogens with zero attached hydrogens (tertiary/aromatic N) is 3. The number of ether oxygens (including phenoxy) is 3. The molecule has 10 nitrogen and oxygen atoms in total. The van der Waals surface area contributed by atoms with Crippen LogP contribution in [0.15, 0.2) is 25.3 Å². The van der Waals surface area contributed by atoms with Crippen LogP contribution < -0.4 is 0 Å². The van der Waals surface area contributed by atoms with Crippen LogP contribution in [0.2, 0.25) is 0 Å². The second kappa shape index (κ2) is 14.8. The molecule has 3 unspecified atom stereocenters. The number of carbonyl (C=O) groups excluding carboxylic acids is 3. The van der Waals surface area contributed by atoms with Crippen LogP contribution in [-0.2, 0) is 28.6 Å². The Morgan fingerprint density at radius 2 is 1.98 bits per heavy atom. The number of fused-ring (bicyclic) bond motifs is 1. The molecule has 0 aromatic rings. The van der Waals surface area contributed by atoms with Gasteiger partial charge in [-0.2, -0.15) is 0 Å². The maximum atomic E-state index is 14.6. The molecule has 4 aliphatic rings. The van der Waals surface area contributed by atoms with Gasteiger partial charge in [-0.1, -0.05) is 41.9 Å². The molecule has 7 atom stereocenters. The zero-order valence-electron chi connectivity index (χ0n) is 25.1. The highest BCUT2D eigenvalue weighted by Crippen LogP contribution is 2.60. The summed E-state index contributed by atoms with van der Waals surface area (Å²) in [7, 11) is 0. The number of hydrogen-bond donors (Lipinski definition) is 1. The number of rotatable bonds is 16. The van der Waals surface area contributed by atoms with Crippen molar-refractivity contribution in [2.75, 3.05) is 59.2 Å². The molecule has 0 radical (unpaired) electrons. The Morgan fingerprint density at radius 1 is 1.24 bits per heavy atom. The van der Waals surface area contributed by atoms with Gasteiger partial charge in [0.05, 0.1) is 50.4 Å². The molecule has 0 aromatic heterocycles. The van der Waals surface area contributed by atoms with E-state index >= 15 is 0 Å². The summed E-state index contributed by atoms with van der Waals surface area (Å²) in [5.41, 5.74) is -1.19. The fourth-order valence-electron chi connectivity index (χ4n) is 7.20. The Hall–Kier alpha value is -1.79. The van der Waals surface area contributed by atoms with Crippen molar-refractivity contribution in [2.24, 2.45) is 17.8 Å².